The van der Waals surface area contributed by atoms with E-state index >= 15 is 0 Å². The van der Waals surface area contributed by atoms with Crippen molar-refractivity contribution in [1.82, 2.24) is 29.5 Å². The predicted octanol–water partition coefficient (Wildman–Crippen LogP) is 2.82. The van der Waals surface area contributed by atoms with Gasteiger partial charge in [0.15, 0.2) is 0 Å². The van der Waals surface area contributed by atoms with E-state index in [4.69, 9.17) is 21.1 Å². The fourth-order valence-electron chi connectivity index (χ4n) is 4.05. The van der Waals surface area contributed by atoms with Crippen LogP contribution in [-0.4, -0.2) is 75.8 Å². The van der Waals surface area contributed by atoms with Crippen LogP contribution >= 0.6 is 11.6 Å². The molecule has 1 aromatic carbocycles. The third kappa shape index (κ3) is 4.08. The maximum atomic E-state index is 13.1. The summed E-state index contributed by atoms with van der Waals surface area (Å²) >= 11 is 6.05. The fraction of sp³-hybridized carbons (Fsp3) is 0.261. The molecule has 4 aromatic rings. The lowest BCUT2D eigenvalue weighted by Crippen LogP contribution is -2.49. The Morgan fingerprint density at radius 1 is 1.00 bits per heavy atom. The van der Waals surface area contributed by atoms with Crippen molar-refractivity contribution in [2.45, 2.75) is 0 Å². The summed E-state index contributed by atoms with van der Waals surface area (Å²) in [6.45, 7) is 2.29. The number of hydrogen-bond donors (Lipinski definition) is 0. The molecule has 1 aliphatic rings. The smallest absolute Gasteiger partial charge is 0.254 e. The first-order valence-electron chi connectivity index (χ1n) is 10.7. The van der Waals surface area contributed by atoms with Crippen LogP contribution in [0.4, 0.5) is 5.82 Å². The van der Waals surface area contributed by atoms with Crippen molar-refractivity contribution in [2.75, 3.05) is 45.3 Å². The van der Waals surface area contributed by atoms with Crippen LogP contribution in [0, 0.1) is 0 Å². The zero-order chi connectivity index (χ0) is 23.7. The standard InChI is InChI=1S/C23H22ClN7O3/c1-33-17-5-3-15(4-6-17)18-13-25-23-26-14-27-31(23)21(18)29-7-9-30(10-8-29)22(32)16-11-19(24)28-20(12-16)34-2/h3-6,11-14H,7-10H2,1-2H3. The van der Waals surface area contributed by atoms with Crippen molar-refractivity contribution >= 4 is 29.1 Å². The van der Waals surface area contributed by atoms with E-state index in [1.54, 1.807) is 28.7 Å². The van der Waals surface area contributed by atoms with E-state index in [2.05, 4.69) is 25.0 Å². The molecule has 1 fully saturated rings. The maximum Gasteiger partial charge on any atom is 0.254 e. The number of methoxy groups -OCH3 is 2. The number of piperazine rings is 1. The van der Waals surface area contributed by atoms with Crippen molar-refractivity contribution in [2.24, 2.45) is 0 Å². The molecule has 0 bridgehead atoms. The van der Waals surface area contributed by atoms with Crippen LogP contribution in [0.2, 0.25) is 5.15 Å². The number of nitrogens with zero attached hydrogens (tertiary/aromatic N) is 7. The summed E-state index contributed by atoms with van der Waals surface area (Å²) in [4.78, 5) is 29.8. The third-order valence-electron chi connectivity index (χ3n) is 5.77. The monoisotopic (exact) mass is 479 g/mol. The number of carbonyl (C=O) groups is 1. The van der Waals surface area contributed by atoms with Gasteiger partial charge in [-0.25, -0.2) is 9.97 Å². The first-order valence-corrected chi connectivity index (χ1v) is 11.0. The van der Waals surface area contributed by atoms with Crippen LogP contribution < -0.4 is 14.4 Å². The largest absolute Gasteiger partial charge is 0.497 e. The van der Waals surface area contributed by atoms with E-state index in [-0.39, 0.29) is 11.1 Å². The summed E-state index contributed by atoms with van der Waals surface area (Å²) in [6.07, 6.45) is 3.30. The van der Waals surface area contributed by atoms with Gasteiger partial charge in [0.1, 0.15) is 23.0 Å². The Kier molecular flexibility index (Phi) is 5.89. The van der Waals surface area contributed by atoms with Crippen LogP contribution in [0.15, 0.2) is 48.9 Å². The first kappa shape index (κ1) is 21.9. The average Bonchev–Trinajstić information content (AvgIpc) is 3.36. The minimum absolute atomic E-state index is 0.113. The highest BCUT2D eigenvalue weighted by atomic mass is 35.5. The molecule has 0 N–H and O–H groups in total. The third-order valence-corrected chi connectivity index (χ3v) is 5.97. The molecule has 34 heavy (non-hydrogen) atoms. The van der Waals surface area contributed by atoms with Gasteiger partial charge in [-0.1, -0.05) is 23.7 Å². The molecule has 0 saturated carbocycles. The van der Waals surface area contributed by atoms with Gasteiger partial charge in [0, 0.05) is 49.6 Å². The minimum atomic E-state index is -0.113. The highest BCUT2D eigenvalue weighted by Gasteiger charge is 2.27. The lowest BCUT2D eigenvalue weighted by molar-refractivity contribution is 0.0746. The molecule has 174 valence electrons. The number of aromatic nitrogens is 5. The molecule has 3 aromatic heterocycles. The van der Waals surface area contributed by atoms with E-state index in [1.807, 2.05) is 30.5 Å². The minimum Gasteiger partial charge on any atom is -0.497 e. The van der Waals surface area contributed by atoms with Crippen LogP contribution in [-0.2, 0) is 0 Å². The number of rotatable bonds is 5. The molecular weight excluding hydrogens is 458 g/mol. The van der Waals surface area contributed by atoms with E-state index in [0.717, 1.165) is 22.7 Å². The number of benzene rings is 1. The molecule has 0 aliphatic carbocycles. The molecule has 5 rings (SSSR count). The van der Waals surface area contributed by atoms with E-state index < -0.39 is 0 Å². The second-order valence-corrected chi connectivity index (χ2v) is 8.08. The van der Waals surface area contributed by atoms with Gasteiger partial charge in [-0.3, -0.25) is 4.79 Å². The fourth-order valence-corrected chi connectivity index (χ4v) is 4.25. The van der Waals surface area contributed by atoms with Crippen LogP contribution in [0.25, 0.3) is 16.9 Å². The molecule has 4 heterocycles. The molecule has 0 spiro atoms. The van der Waals surface area contributed by atoms with E-state index in [9.17, 15) is 4.79 Å². The molecule has 1 aliphatic heterocycles. The molecule has 0 radical (unpaired) electrons. The van der Waals surface area contributed by atoms with Crippen molar-refractivity contribution < 1.29 is 14.3 Å². The molecule has 10 nitrogen and oxygen atoms in total. The Bertz CT molecular complexity index is 1330. The molecule has 1 saturated heterocycles. The number of anilines is 1. The van der Waals surface area contributed by atoms with Gasteiger partial charge >= 0.3 is 0 Å². The number of halogens is 1. The summed E-state index contributed by atoms with van der Waals surface area (Å²) < 4.78 is 12.2. The Morgan fingerprint density at radius 3 is 2.47 bits per heavy atom. The Morgan fingerprint density at radius 2 is 1.76 bits per heavy atom. The Labute approximate surface area is 200 Å². The number of pyridine rings is 1. The van der Waals surface area contributed by atoms with Crippen LogP contribution in [0.1, 0.15) is 10.4 Å². The highest BCUT2D eigenvalue weighted by Crippen LogP contribution is 2.32. The van der Waals surface area contributed by atoms with Gasteiger partial charge in [0.25, 0.3) is 11.7 Å². The van der Waals surface area contributed by atoms with E-state index in [1.165, 1.54) is 13.4 Å². The molecule has 1 amide bonds. The van der Waals surface area contributed by atoms with Gasteiger partial charge < -0.3 is 19.3 Å². The van der Waals surface area contributed by atoms with Gasteiger partial charge in [-0.15, -0.1) is 0 Å². The second kappa shape index (κ2) is 9.14. The quantitative estimate of drug-likeness (QED) is 0.403. The zero-order valence-electron chi connectivity index (χ0n) is 18.7. The Balaban J connectivity index is 1.42. The summed E-state index contributed by atoms with van der Waals surface area (Å²) in [5, 5.41) is 4.62. The van der Waals surface area contributed by atoms with E-state index in [0.29, 0.717) is 43.4 Å². The molecular formula is C23H22ClN7O3. The van der Waals surface area contributed by atoms with Gasteiger partial charge in [0.2, 0.25) is 5.88 Å². The number of amides is 1. The number of fused-ring (bicyclic) bond motifs is 1. The van der Waals surface area contributed by atoms with Gasteiger partial charge in [0.05, 0.1) is 14.2 Å². The Hall–Kier alpha value is -3.92. The van der Waals surface area contributed by atoms with Crippen LogP contribution in [0.3, 0.4) is 0 Å². The topological polar surface area (TPSA) is 98.0 Å². The first-order chi connectivity index (χ1) is 16.6. The summed E-state index contributed by atoms with van der Waals surface area (Å²) in [5.41, 5.74) is 2.36. The highest BCUT2D eigenvalue weighted by molar-refractivity contribution is 6.29. The van der Waals surface area contributed by atoms with Crippen molar-refractivity contribution in [3.63, 3.8) is 0 Å². The van der Waals surface area contributed by atoms with Crippen LogP contribution in [0.5, 0.6) is 11.6 Å². The predicted molar refractivity (Wildman–Crippen MR) is 127 cm³/mol. The number of carbonyl (C=O) groups excluding carboxylic acids is 1. The second-order valence-electron chi connectivity index (χ2n) is 7.70. The number of ether oxygens (including phenoxy) is 2. The van der Waals surface area contributed by atoms with Gasteiger partial charge in [-0.2, -0.15) is 14.6 Å². The van der Waals surface area contributed by atoms with Gasteiger partial charge in [-0.05, 0) is 23.8 Å². The summed E-state index contributed by atoms with van der Waals surface area (Å²) in [6, 6.07) is 11.0. The summed E-state index contributed by atoms with van der Waals surface area (Å²) in [5.74, 6) is 2.37. The van der Waals surface area contributed by atoms with Crippen molar-refractivity contribution in [3.8, 4) is 22.8 Å². The normalized spacial score (nSPS) is 13.9. The summed E-state index contributed by atoms with van der Waals surface area (Å²) in [7, 11) is 3.13. The van der Waals surface area contributed by atoms with Crippen molar-refractivity contribution in [3.05, 3.63) is 59.6 Å². The average molecular weight is 480 g/mol. The van der Waals surface area contributed by atoms with Crippen molar-refractivity contribution in [1.29, 1.82) is 0 Å². The molecule has 11 heteroatoms. The lowest BCUT2D eigenvalue weighted by Gasteiger charge is -2.36. The molecule has 0 atom stereocenters. The maximum absolute atomic E-state index is 13.1. The number of hydrogen-bond acceptors (Lipinski definition) is 8. The zero-order valence-corrected chi connectivity index (χ0v) is 19.4. The SMILES string of the molecule is COc1ccc(-c2cnc3ncnn3c2N2CCN(C(=O)c3cc(Cl)nc(OC)c3)CC2)cc1. The lowest BCUT2D eigenvalue weighted by atomic mass is 10.1. The molecule has 0 unspecified atom stereocenters.